The minimum Gasteiger partial charge on any atom is -0.480 e. The minimum atomic E-state index is -0.980. The maximum absolute atomic E-state index is 12.6. The zero-order valence-corrected chi connectivity index (χ0v) is 15.3. The van der Waals surface area contributed by atoms with Gasteiger partial charge in [0.2, 0.25) is 0 Å². The fraction of sp³-hybridized carbons (Fsp3) is 0.529. The Morgan fingerprint density at radius 3 is 2.50 bits per heavy atom. The van der Waals surface area contributed by atoms with E-state index < -0.39 is 12.0 Å². The number of aryl methyl sites for hydroxylation is 2. The van der Waals surface area contributed by atoms with Crippen molar-refractivity contribution in [2.75, 3.05) is 26.2 Å². The molecule has 1 amide bonds. The lowest BCUT2D eigenvalue weighted by Crippen LogP contribution is -2.48. The molecule has 0 radical (unpaired) electrons. The van der Waals surface area contributed by atoms with Crippen LogP contribution in [-0.4, -0.2) is 72.5 Å². The summed E-state index contributed by atoms with van der Waals surface area (Å²) in [6.07, 6.45) is 3.57. The Hall–Kier alpha value is -2.68. The van der Waals surface area contributed by atoms with Crippen molar-refractivity contribution in [3.63, 3.8) is 0 Å². The first-order valence-electron chi connectivity index (χ1n) is 8.64. The van der Waals surface area contributed by atoms with E-state index in [2.05, 4.69) is 15.1 Å². The van der Waals surface area contributed by atoms with E-state index in [-0.39, 0.29) is 11.6 Å². The Morgan fingerprint density at radius 2 is 1.92 bits per heavy atom. The molecule has 1 aliphatic rings. The molecule has 0 saturated carbocycles. The van der Waals surface area contributed by atoms with Crippen LogP contribution in [0, 0.1) is 6.92 Å². The van der Waals surface area contributed by atoms with Crippen LogP contribution in [0.5, 0.6) is 0 Å². The number of piperazine rings is 1. The summed E-state index contributed by atoms with van der Waals surface area (Å²) in [4.78, 5) is 27.7. The fourth-order valence-corrected chi connectivity index (χ4v) is 3.10. The normalized spacial score (nSPS) is 16.7. The average Bonchev–Trinajstić information content (AvgIpc) is 3.21. The van der Waals surface area contributed by atoms with Gasteiger partial charge < -0.3 is 10.0 Å². The van der Waals surface area contributed by atoms with Crippen molar-refractivity contribution in [2.45, 2.75) is 26.4 Å². The van der Waals surface area contributed by atoms with E-state index >= 15 is 0 Å². The molecule has 26 heavy (non-hydrogen) atoms. The SMILES string of the molecule is Cc1nn(C)cc1CN1CCN(C(=O)c2ccn(C(C)C(=O)O)n2)CC1. The van der Waals surface area contributed by atoms with E-state index in [1.807, 2.05) is 24.9 Å². The second-order valence-corrected chi connectivity index (χ2v) is 6.68. The smallest absolute Gasteiger partial charge is 0.328 e. The Morgan fingerprint density at radius 1 is 1.23 bits per heavy atom. The Kier molecular flexibility index (Phi) is 5.08. The van der Waals surface area contributed by atoms with Crippen LogP contribution in [0.3, 0.4) is 0 Å². The van der Waals surface area contributed by atoms with E-state index in [4.69, 9.17) is 5.11 Å². The molecule has 0 aliphatic carbocycles. The molecule has 1 atom stereocenters. The highest BCUT2D eigenvalue weighted by Gasteiger charge is 2.25. The summed E-state index contributed by atoms with van der Waals surface area (Å²) < 4.78 is 3.12. The summed E-state index contributed by atoms with van der Waals surface area (Å²) in [6.45, 7) is 7.18. The molecule has 3 heterocycles. The highest BCUT2D eigenvalue weighted by atomic mass is 16.4. The molecule has 1 fully saturated rings. The number of nitrogens with zero attached hydrogens (tertiary/aromatic N) is 6. The van der Waals surface area contributed by atoms with E-state index in [0.29, 0.717) is 13.1 Å². The molecule has 1 unspecified atom stereocenters. The van der Waals surface area contributed by atoms with Gasteiger partial charge in [0.1, 0.15) is 11.7 Å². The summed E-state index contributed by atoms with van der Waals surface area (Å²) in [6, 6.07) is 0.781. The van der Waals surface area contributed by atoms with Gasteiger partial charge in [-0.2, -0.15) is 10.2 Å². The highest BCUT2D eigenvalue weighted by molar-refractivity contribution is 5.92. The lowest BCUT2D eigenvalue weighted by atomic mass is 10.2. The fourth-order valence-electron chi connectivity index (χ4n) is 3.10. The van der Waals surface area contributed by atoms with Crippen molar-refractivity contribution < 1.29 is 14.7 Å². The number of hydrogen-bond acceptors (Lipinski definition) is 5. The second-order valence-electron chi connectivity index (χ2n) is 6.68. The number of aromatic nitrogens is 4. The van der Waals surface area contributed by atoms with Crippen LogP contribution in [0.4, 0.5) is 0 Å². The number of aliphatic carboxylic acids is 1. The number of carbonyl (C=O) groups excluding carboxylic acids is 1. The van der Waals surface area contributed by atoms with Crippen LogP contribution in [0.25, 0.3) is 0 Å². The van der Waals surface area contributed by atoms with Crippen LogP contribution in [0.15, 0.2) is 18.5 Å². The van der Waals surface area contributed by atoms with Crippen LogP contribution in [-0.2, 0) is 18.4 Å². The first-order chi connectivity index (χ1) is 12.3. The van der Waals surface area contributed by atoms with Crippen LogP contribution in [0.2, 0.25) is 0 Å². The summed E-state index contributed by atoms with van der Waals surface area (Å²) >= 11 is 0. The quantitative estimate of drug-likeness (QED) is 0.835. The van der Waals surface area contributed by atoms with Crippen LogP contribution >= 0.6 is 0 Å². The second kappa shape index (κ2) is 7.28. The maximum atomic E-state index is 12.6. The number of carboxylic acid groups (broad SMARTS) is 1. The summed E-state index contributed by atoms with van der Waals surface area (Å²) in [7, 11) is 1.91. The van der Waals surface area contributed by atoms with Crippen molar-refractivity contribution >= 4 is 11.9 Å². The van der Waals surface area contributed by atoms with Gasteiger partial charge in [-0.1, -0.05) is 0 Å². The topological polar surface area (TPSA) is 96.5 Å². The maximum Gasteiger partial charge on any atom is 0.328 e. The Bertz CT molecular complexity index is 803. The van der Waals surface area contributed by atoms with E-state index in [1.54, 1.807) is 11.0 Å². The van der Waals surface area contributed by atoms with Gasteiger partial charge in [0.25, 0.3) is 5.91 Å². The van der Waals surface area contributed by atoms with Crippen molar-refractivity contribution in [3.8, 4) is 0 Å². The summed E-state index contributed by atoms with van der Waals surface area (Å²) in [5.74, 6) is -1.13. The van der Waals surface area contributed by atoms with Crippen molar-refractivity contribution in [1.29, 1.82) is 0 Å². The van der Waals surface area contributed by atoms with Crippen LogP contribution in [0.1, 0.15) is 34.7 Å². The van der Waals surface area contributed by atoms with Gasteiger partial charge in [0, 0.05) is 57.7 Å². The molecule has 0 bridgehead atoms. The molecule has 9 nitrogen and oxygen atoms in total. The third-order valence-corrected chi connectivity index (χ3v) is 4.75. The first-order valence-corrected chi connectivity index (χ1v) is 8.64. The van der Waals surface area contributed by atoms with Gasteiger partial charge in [-0.25, -0.2) is 4.79 Å². The molecule has 1 saturated heterocycles. The molecule has 1 N–H and O–H groups in total. The number of carbonyl (C=O) groups is 2. The monoisotopic (exact) mass is 360 g/mol. The van der Waals surface area contributed by atoms with E-state index in [0.717, 1.165) is 25.3 Å². The average molecular weight is 360 g/mol. The van der Waals surface area contributed by atoms with E-state index in [1.165, 1.54) is 23.4 Å². The van der Waals surface area contributed by atoms with Gasteiger partial charge >= 0.3 is 5.97 Å². The molecule has 2 aromatic rings. The van der Waals surface area contributed by atoms with Gasteiger partial charge in [0.15, 0.2) is 0 Å². The van der Waals surface area contributed by atoms with Crippen molar-refractivity contribution in [3.05, 3.63) is 35.4 Å². The molecule has 2 aromatic heterocycles. The number of carboxylic acids is 1. The third kappa shape index (κ3) is 3.77. The Labute approximate surface area is 151 Å². The zero-order valence-electron chi connectivity index (χ0n) is 15.3. The van der Waals surface area contributed by atoms with Crippen LogP contribution < -0.4 is 0 Å². The lowest BCUT2D eigenvalue weighted by Gasteiger charge is -2.34. The van der Waals surface area contributed by atoms with Gasteiger partial charge in [-0.05, 0) is 19.9 Å². The number of amides is 1. The molecular weight excluding hydrogens is 336 g/mol. The number of rotatable bonds is 5. The largest absolute Gasteiger partial charge is 0.480 e. The van der Waals surface area contributed by atoms with Crippen molar-refractivity contribution in [1.82, 2.24) is 29.4 Å². The first kappa shape index (κ1) is 18.1. The molecule has 1 aliphatic heterocycles. The molecular formula is C17H24N6O3. The predicted octanol–water partition coefficient (Wildman–Crippen LogP) is 0.529. The van der Waals surface area contributed by atoms with Gasteiger partial charge in [0.05, 0.1) is 5.69 Å². The summed E-state index contributed by atoms with van der Waals surface area (Å²) in [5, 5.41) is 17.5. The lowest BCUT2D eigenvalue weighted by molar-refractivity contribution is -0.140. The highest BCUT2D eigenvalue weighted by Crippen LogP contribution is 2.13. The van der Waals surface area contributed by atoms with Gasteiger partial charge in [-0.3, -0.25) is 19.1 Å². The van der Waals surface area contributed by atoms with Crippen molar-refractivity contribution in [2.24, 2.45) is 7.05 Å². The number of hydrogen-bond donors (Lipinski definition) is 1. The third-order valence-electron chi connectivity index (χ3n) is 4.75. The molecule has 140 valence electrons. The van der Waals surface area contributed by atoms with E-state index in [9.17, 15) is 9.59 Å². The molecule has 9 heteroatoms. The summed E-state index contributed by atoms with van der Waals surface area (Å²) in [5.41, 5.74) is 2.52. The Balaban J connectivity index is 1.57. The molecule has 0 spiro atoms. The standard InChI is InChI=1S/C17H24N6O3/c1-12-14(10-20(3)18-12)11-21-6-8-22(9-7-21)16(24)15-4-5-23(19-15)13(2)17(25)26/h4-5,10,13H,6-9,11H2,1-3H3,(H,25,26). The zero-order chi connectivity index (χ0) is 18.8. The van der Waals surface area contributed by atoms with Gasteiger partial charge in [-0.15, -0.1) is 0 Å². The molecule has 3 rings (SSSR count). The molecule has 0 aromatic carbocycles. The minimum absolute atomic E-state index is 0.154. The predicted molar refractivity (Wildman–Crippen MR) is 93.7 cm³/mol.